The fraction of sp³-hybridized carbons (Fsp3) is 0.222. The zero-order valence-electron chi connectivity index (χ0n) is 6.56. The van der Waals surface area contributed by atoms with Gasteiger partial charge in [0.1, 0.15) is 5.82 Å². The van der Waals surface area contributed by atoms with E-state index in [2.05, 4.69) is 15.9 Å². The lowest BCUT2D eigenvalue weighted by Crippen LogP contribution is -1.92. The Labute approximate surface area is 79.0 Å². The van der Waals surface area contributed by atoms with Crippen molar-refractivity contribution in [3.8, 4) is 6.07 Å². The van der Waals surface area contributed by atoms with Gasteiger partial charge in [-0.25, -0.2) is 4.39 Å². The number of hydrogen-bond acceptors (Lipinski definition) is 1. The van der Waals surface area contributed by atoms with Crippen LogP contribution in [0.1, 0.15) is 11.1 Å². The van der Waals surface area contributed by atoms with Crippen LogP contribution in [-0.2, 0) is 6.42 Å². The molecule has 0 saturated heterocycles. The maximum atomic E-state index is 13.0. The van der Waals surface area contributed by atoms with E-state index in [0.717, 1.165) is 5.56 Å². The smallest absolute Gasteiger partial charge is 0.128 e. The summed E-state index contributed by atoms with van der Waals surface area (Å²) in [4.78, 5) is 0. The lowest BCUT2D eigenvalue weighted by atomic mass is 10.1. The second kappa shape index (κ2) is 3.68. The highest BCUT2D eigenvalue weighted by atomic mass is 79.9. The number of hydrogen-bond donors (Lipinski definition) is 0. The molecule has 1 nitrogen and oxygen atoms in total. The summed E-state index contributed by atoms with van der Waals surface area (Å²) >= 11 is 3.24. The molecule has 0 aliphatic rings. The number of benzene rings is 1. The summed E-state index contributed by atoms with van der Waals surface area (Å²) in [6.07, 6.45) is 0.105. The summed E-state index contributed by atoms with van der Waals surface area (Å²) in [6.45, 7) is 1.87. The van der Waals surface area contributed by atoms with E-state index in [9.17, 15) is 4.39 Å². The Hall–Kier alpha value is -0.880. The molecular formula is C9H7BrFN. The molecule has 0 saturated carbocycles. The second-order valence-corrected chi connectivity index (χ2v) is 3.28. The molecule has 0 aliphatic heterocycles. The van der Waals surface area contributed by atoms with Gasteiger partial charge in [-0.1, -0.05) is 22.0 Å². The third-order valence-electron chi connectivity index (χ3n) is 1.63. The van der Waals surface area contributed by atoms with E-state index >= 15 is 0 Å². The number of nitriles is 1. The Morgan fingerprint density at radius 1 is 1.58 bits per heavy atom. The van der Waals surface area contributed by atoms with Crippen molar-refractivity contribution in [3.05, 3.63) is 33.5 Å². The van der Waals surface area contributed by atoms with Gasteiger partial charge in [0.05, 0.1) is 12.5 Å². The van der Waals surface area contributed by atoms with Crippen LogP contribution in [0.5, 0.6) is 0 Å². The third kappa shape index (κ3) is 1.64. The molecule has 0 aromatic heterocycles. The van der Waals surface area contributed by atoms with Gasteiger partial charge in [0, 0.05) is 10.0 Å². The van der Waals surface area contributed by atoms with Gasteiger partial charge < -0.3 is 0 Å². The van der Waals surface area contributed by atoms with E-state index in [-0.39, 0.29) is 12.2 Å². The van der Waals surface area contributed by atoms with Crippen molar-refractivity contribution in [1.29, 1.82) is 5.26 Å². The van der Waals surface area contributed by atoms with Crippen molar-refractivity contribution in [2.45, 2.75) is 13.3 Å². The van der Waals surface area contributed by atoms with E-state index < -0.39 is 0 Å². The molecule has 0 radical (unpaired) electrons. The predicted molar refractivity (Wildman–Crippen MR) is 48.2 cm³/mol. The number of aryl methyl sites for hydroxylation is 1. The first kappa shape index (κ1) is 9.21. The summed E-state index contributed by atoms with van der Waals surface area (Å²) in [7, 11) is 0. The molecule has 0 spiro atoms. The minimum atomic E-state index is -0.325. The van der Waals surface area contributed by atoms with Crippen molar-refractivity contribution in [2.75, 3.05) is 0 Å². The Morgan fingerprint density at radius 3 is 2.83 bits per heavy atom. The molecule has 0 unspecified atom stereocenters. The van der Waals surface area contributed by atoms with Crippen LogP contribution in [0.4, 0.5) is 4.39 Å². The van der Waals surface area contributed by atoms with Gasteiger partial charge in [-0.3, -0.25) is 0 Å². The number of halogens is 2. The van der Waals surface area contributed by atoms with Gasteiger partial charge in [-0.05, 0) is 18.6 Å². The molecule has 1 aromatic rings. The van der Waals surface area contributed by atoms with Crippen LogP contribution >= 0.6 is 15.9 Å². The summed E-state index contributed by atoms with van der Waals surface area (Å²) in [5, 5.41) is 8.42. The minimum Gasteiger partial charge on any atom is -0.207 e. The van der Waals surface area contributed by atoms with E-state index in [1.807, 2.05) is 13.0 Å². The first-order valence-electron chi connectivity index (χ1n) is 3.47. The number of nitrogens with zero attached hydrogens (tertiary/aromatic N) is 1. The molecule has 0 atom stereocenters. The van der Waals surface area contributed by atoms with Crippen molar-refractivity contribution in [1.82, 2.24) is 0 Å². The van der Waals surface area contributed by atoms with Crippen molar-refractivity contribution < 1.29 is 4.39 Å². The van der Waals surface area contributed by atoms with E-state index in [4.69, 9.17) is 5.26 Å². The van der Waals surface area contributed by atoms with Gasteiger partial charge in [0.25, 0.3) is 0 Å². The Morgan fingerprint density at radius 2 is 2.25 bits per heavy atom. The van der Waals surface area contributed by atoms with Crippen LogP contribution in [0.2, 0.25) is 0 Å². The molecule has 1 aromatic carbocycles. The van der Waals surface area contributed by atoms with E-state index in [1.165, 1.54) is 6.07 Å². The van der Waals surface area contributed by atoms with Crippen molar-refractivity contribution >= 4 is 15.9 Å². The summed E-state index contributed by atoms with van der Waals surface area (Å²) in [5.74, 6) is -0.325. The second-order valence-electron chi connectivity index (χ2n) is 2.49. The highest BCUT2D eigenvalue weighted by Gasteiger charge is 2.07. The van der Waals surface area contributed by atoms with Gasteiger partial charge in [-0.2, -0.15) is 5.26 Å². The van der Waals surface area contributed by atoms with Crippen molar-refractivity contribution in [2.24, 2.45) is 0 Å². The molecule has 0 heterocycles. The van der Waals surface area contributed by atoms with Gasteiger partial charge >= 0.3 is 0 Å². The fourth-order valence-corrected chi connectivity index (χ4v) is 1.42. The third-order valence-corrected chi connectivity index (χ3v) is 2.74. The maximum Gasteiger partial charge on any atom is 0.128 e. The Balaban J connectivity index is 3.25. The summed E-state index contributed by atoms with van der Waals surface area (Å²) < 4.78 is 13.7. The standard InChI is InChI=1S/C9H7BrFN/c1-6-2-3-8(11)7(4-5-12)9(6)10/h2-3H,4H2,1H3. The van der Waals surface area contributed by atoms with E-state index in [0.29, 0.717) is 10.0 Å². The quantitative estimate of drug-likeness (QED) is 0.724. The van der Waals surface area contributed by atoms with Crippen LogP contribution in [0.15, 0.2) is 16.6 Å². The largest absolute Gasteiger partial charge is 0.207 e. The SMILES string of the molecule is Cc1ccc(F)c(CC#N)c1Br. The molecule has 0 fully saturated rings. The molecule has 12 heavy (non-hydrogen) atoms. The zero-order chi connectivity index (χ0) is 9.14. The van der Waals surface area contributed by atoms with Gasteiger partial charge in [0.2, 0.25) is 0 Å². The van der Waals surface area contributed by atoms with Crippen LogP contribution in [0.25, 0.3) is 0 Å². The Kier molecular flexibility index (Phi) is 2.83. The topological polar surface area (TPSA) is 23.8 Å². The first-order valence-corrected chi connectivity index (χ1v) is 4.26. The molecule has 0 aliphatic carbocycles. The van der Waals surface area contributed by atoms with Crippen LogP contribution in [-0.4, -0.2) is 0 Å². The zero-order valence-corrected chi connectivity index (χ0v) is 8.15. The average molecular weight is 228 g/mol. The van der Waals surface area contributed by atoms with Crippen LogP contribution in [0, 0.1) is 24.1 Å². The fourth-order valence-electron chi connectivity index (χ4n) is 0.956. The molecule has 0 bridgehead atoms. The normalized spacial score (nSPS) is 9.50. The average Bonchev–Trinajstić information content (AvgIpc) is 2.06. The highest BCUT2D eigenvalue weighted by Crippen LogP contribution is 2.23. The predicted octanol–water partition coefficient (Wildman–Crippen LogP) is 2.96. The lowest BCUT2D eigenvalue weighted by Gasteiger charge is -2.04. The monoisotopic (exact) mass is 227 g/mol. The van der Waals surface area contributed by atoms with Crippen LogP contribution < -0.4 is 0 Å². The van der Waals surface area contributed by atoms with Crippen molar-refractivity contribution in [3.63, 3.8) is 0 Å². The highest BCUT2D eigenvalue weighted by molar-refractivity contribution is 9.10. The molecule has 0 N–H and O–H groups in total. The molecule has 0 amide bonds. The van der Waals surface area contributed by atoms with Crippen LogP contribution in [0.3, 0.4) is 0 Å². The molecule has 1 rings (SSSR count). The Bertz CT molecular complexity index is 341. The minimum absolute atomic E-state index is 0.105. The molecular weight excluding hydrogens is 221 g/mol. The van der Waals surface area contributed by atoms with Gasteiger partial charge in [-0.15, -0.1) is 0 Å². The van der Waals surface area contributed by atoms with E-state index in [1.54, 1.807) is 6.07 Å². The van der Waals surface area contributed by atoms with Gasteiger partial charge in [0.15, 0.2) is 0 Å². The summed E-state index contributed by atoms with van der Waals surface area (Å²) in [5.41, 5.74) is 1.39. The lowest BCUT2D eigenvalue weighted by molar-refractivity contribution is 0.613. The summed E-state index contributed by atoms with van der Waals surface area (Å²) in [6, 6.07) is 4.99. The molecule has 3 heteroatoms. The first-order chi connectivity index (χ1) is 5.66. The number of rotatable bonds is 1. The molecule has 62 valence electrons. The maximum absolute atomic E-state index is 13.0.